The van der Waals surface area contributed by atoms with Crippen LogP contribution in [0.25, 0.3) is 0 Å². The van der Waals surface area contributed by atoms with Crippen LogP contribution in [0.3, 0.4) is 0 Å². The Morgan fingerprint density at radius 1 is 0.486 bits per heavy atom. The van der Waals surface area contributed by atoms with Crippen molar-refractivity contribution in [3.63, 3.8) is 0 Å². The number of fused-ring (bicyclic) bond motifs is 1. The number of rotatable bonds is 47. The smallest absolute Gasteiger partial charge is 0.299 e. The summed E-state index contributed by atoms with van der Waals surface area (Å²) in [5, 5.41) is 30.2. The Morgan fingerprint density at radius 2 is 0.865 bits per heavy atom. The van der Waals surface area contributed by atoms with Crippen LogP contribution in [0, 0.1) is 20.2 Å². The number of carbonyl (C=O) groups is 4. The predicted octanol–water partition coefficient (Wildman–Crippen LogP) is 1.64. The molecule has 1 fully saturated rings. The maximum Gasteiger partial charge on any atom is 0.299 e. The van der Waals surface area contributed by atoms with Gasteiger partial charge in [0.1, 0.15) is 11.7 Å². The van der Waals surface area contributed by atoms with Crippen LogP contribution in [0.4, 0.5) is 22.7 Å². The summed E-state index contributed by atoms with van der Waals surface area (Å²) >= 11 is 0. The Balaban J connectivity index is 0.777. The van der Waals surface area contributed by atoms with Crippen LogP contribution in [0.2, 0.25) is 0 Å². The minimum atomic E-state index is -1.02. The van der Waals surface area contributed by atoms with E-state index in [0.29, 0.717) is 177 Å². The van der Waals surface area contributed by atoms with E-state index in [1.54, 1.807) is 18.2 Å². The fraction of sp³-hybridized carbons (Fsp3) is 0.660. The van der Waals surface area contributed by atoms with E-state index in [0.717, 1.165) is 11.0 Å². The van der Waals surface area contributed by atoms with Crippen molar-refractivity contribution < 1.29 is 90.6 Å². The lowest BCUT2D eigenvalue weighted by Crippen LogP contribution is -2.54. The number of benzene rings is 2. The number of anilines is 2. The normalized spacial score (nSPS) is 14.4. The van der Waals surface area contributed by atoms with E-state index in [2.05, 4.69) is 16.0 Å². The third-order valence-corrected chi connectivity index (χ3v) is 10.4. The van der Waals surface area contributed by atoms with Crippen LogP contribution < -0.4 is 16.0 Å². The summed E-state index contributed by atoms with van der Waals surface area (Å²) in [6, 6.07) is 7.28. The molecule has 0 aromatic heterocycles. The summed E-state index contributed by atoms with van der Waals surface area (Å²) in [7, 11) is 0. The maximum absolute atomic E-state index is 13.2. The largest absolute Gasteiger partial charge is 0.382 e. The van der Waals surface area contributed by atoms with E-state index < -0.39 is 39.5 Å². The van der Waals surface area contributed by atoms with Gasteiger partial charge in [0.15, 0.2) is 0 Å². The number of hydrogen-bond donors (Lipinski definition) is 3. The van der Waals surface area contributed by atoms with Crippen molar-refractivity contribution in [3.05, 3.63) is 67.8 Å². The van der Waals surface area contributed by atoms with Crippen LogP contribution in [0.1, 0.15) is 33.6 Å². The minimum Gasteiger partial charge on any atom is -0.382 e. The Hall–Kier alpha value is -5.40. The number of piperidine rings is 1. The first-order chi connectivity index (χ1) is 36.2. The third-order valence-electron chi connectivity index (χ3n) is 10.4. The topological polar surface area (TPSA) is 314 Å². The minimum absolute atomic E-state index is 0.0553. The first kappa shape index (κ1) is 61.1. The number of non-ortho nitro benzene ring substituents is 1. The van der Waals surface area contributed by atoms with Gasteiger partial charge in [0.2, 0.25) is 11.8 Å². The van der Waals surface area contributed by atoms with Gasteiger partial charge in [0, 0.05) is 31.3 Å². The number of carbonyl (C=O) groups excluding carboxylic acids is 4. The molecule has 4 rings (SSSR count). The summed E-state index contributed by atoms with van der Waals surface area (Å²) in [5.74, 6) is -2.21. The Labute approximate surface area is 428 Å². The van der Waals surface area contributed by atoms with Crippen molar-refractivity contribution in [2.45, 2.75) is 18.9 Å². The highest BCUT2D eigenvalue weighted by molar-refractivity contribution is 6.25. The van der Waals surface area contributed by atoms with Gasteiger partial charge in [-0.05, 0) is 24.6 Å². The molecule has 0 bridgehead atoms. The Kier molecular flexibility index (Phi) is 31.6. The molecule has 2 aliphatic rings. The molecule has 0 radical (unpaired) electrons. The molecule has 27 nitrogen and oxygen atoms in total. The molecule has 1 saturated heterocycles. The Bertz CT molecular complexity index is 1980. The summed E-state index contributed by atoms with van der Waals surface area (Å²) < 4.78 is 71.4. The lowest BCUT2D eigenvalue weighted by Gasteiger charge is -2.27. The van der Waals surface area contributed by atoms with E-state index in [-0.39, 0.29) is 54.2 Å². The van der Waals surface area contributed by atoms with Crippen LogP contribution in [0.15, 0.2) is 36.4 Å². The van der Waals surface area contributed by atoms with Crippen LogP contribution in [-0.2, 0) is 71.2 Å². The number of nitrogens with zero attached hydrogens (tertiary/aromatic N) is 3. The molecule has 2 aliphatic heterocycles. The summed E-state index contributed by atoms with van der Waals surface area (Å²) in [6.45, 7) is 11.2. The van der Waals surface area contributed by atoms with E-state index in [4.69, 9.17) is 61.6 Å². The summed E-state index contributed by atoms with van der Waals surface area (Å²) in [5.41, 5.74) is 0.318. The van der Waals surface area contributed by atoms with Crippen LogP contribution in [0.5, 0.6) is 0 Å². The number of hydrogen-bond acceptors (Lipinski definition) is 23. The maximum atomic E-state index is 13.2. The van der Waals surface area contributed by atoms with E-state index in [1.165, 1.54) is 12.1 Å². The second kappa shape index (κ2) is 38.2. The molecule has 74 heavy (non-hydrogen) atoms. The van der Waals surface area contributed by atoms with Crippen molar-refractivity contribution in [2.75, 3.05) is 196 Å². The third kappa shape index (κ3) is 24.3. The lowest BCUT2D eigenvalue weighted by molar-refractivity contribution is -0.393. The van der Waals surface area contributed by atoms with Gasteiger partial charge in [-0.3, -0.25) is 49.6 Å². The van der Waals surface area contributed by atoms with Gasteiger partial charge >= 0.3 is 0 Å². The zero-order valence-electron chi connectivity index (χ0n) is 41.7. The van der Waals surface area contributed by atoms with Gasteiger partial charge in [-0.1, -0.05) is 6.07 Å². The fourth-order valence-corrected chi connectivity index (χ4v) is 6.85. The van der Waals surface area contributed by atoms with E-state index >= 15 is 0 Å². The fourth-order valence-electron chi connectivity index (χ4n) is 6.85. The molecule has 2 heterocycles. The van der Waals surface area contributed by atoms with Crippen LogP contribution >= 0.6 is 0 Å². The molecule has 1 unspecified atom stereocenters. The Morgan fingerprint density at radius 3 is 1.23 bits per heavy atom. The average molecular weight is 1060 g/mol. The molecule has 1 atom stereocenters. The molecule has 4 amide bonds. The van der Waals surface area contributed by atoms with Crippen molar-refractivity contribution in [3.8, 4) is 0 Å². The van der Waals surface area contributed by atoms with Crippen molar-refractivity contribution in [1.82, 2.24) is 10.2 Å². The van der Waals surface area contributed by atoms with Crippen LogP contribution in [-0.4, -0.2) is 229 Å². The number of nitro benzene ring substituents is 2. The first-order valence-corrected chi connectivity index (χ1v) is 24.4. The highest BCUT2D eigenvalue weighted by Gasteiger charge is 2.45. The SMILES string of the molecule is O=C1CCC(N2C(=O)c3cccc(NCCOCCOCCOCCOCCOCCOCCOCCOCCOCCOCCOCCOCCOCCNc4ccc([N+](=O)[O-])cc4[N+](=O)[O-])c3C2=O)C(=O)N1. The molecule has 0 spiro atoms. The molecular weight excluding hydrogens is 985 g/mol. The molecule has 3 N–H and O–H groups in total. The summed E-state index contributed by atoms with van der Waals surface area (Å²) in [4.78, 5) is 71.6. The molecule has 27 heteroatoms. The van der Waals surface area contributed by atoms with Gasteiger partial charge in [0.25, 0.3) is 23.2 Å². The zero-order valence-corrected chi connectivity index (χ0v) is 41.7. The monoisotopic (exact) mass is 1050 g/mol. The van der Waals surface area contributed by atoms with Gasteiger partial charge in [-0.25, -0.2) is 0 Å². The van der Waals surface area contributed by atoms with Crippen molar-refractivity contribution in [2.24, 2.45) is 0 Å². The number of amides is 4. The second-order valence-corrected chi connectivity index (χ2v) is 15.7. The molecule has 2 aromatic carbocycles. The molecule has 414 valence electrons. The number of ether oxygens (including phenoxy) is 13. The standard InChI is InChI=1S/C47H70N6O21/c54-43-7-6-41(45(55)50-43)51-46(56)38-2-1-3-40(44(38)47(51)57)49-9-11-63-13-15-65-17-19-67-21-23-69-25-27-71-29-31-73-33-35-74-34-32-72-30-28-70-26-24-68-22-20-66-18-16-64-14-12-62-10-8-48-39-5-4-37(52(58)59)36-42(39)53(60)61/h1-5,36,41,48-49H,6-35H2,(H,50,54,55). The highest BCUT2D eigenvalue weighted by atomic mass is 16.6. The quantitative estimate of drug-likeness (QED) is 0.0367. The van der Waals surface area contributed by atoms with Gasteiger partial charge in [0.05, 0.1) is 199 Å². The van der Waals surface area contributed by atoms with Gasteiger partial charge in [-0.15, -0.1) is 0 Å². The van der Waals surface area contributed by atoms with Gasteiger partial charge < -0.3 is 72.2 Å². The number of nitrogens with one attached hydrogen (secondary N) is 3. The first-order valence-electron chi connectivity index (χ1n) is 24.4. The van der Waals surface area contributed by atoms with Gasteiger partial charge in [-0.2, -0.15) is 0 Å². The second-order valence-electron chi connectivity index (χ2n) is 15.7. The highest BCUT2D eigenvalue weighted by Crippen LogP contribution is 2.32. The predicted molar refractivity (Wildman–Crippen MR) is 260 cm³/mol. The lowest BCUT2D eigenvalue weighted by atomic mass is 10.0. The number of nitro groups is 2. The molecular formula is C47H70N6O21. The average Bonchev–Trinajstić information content (AvgIpc) is 3.64. The molecule has 2 aromatic rings. The van der Waals surface area contributed by atoms with E-state index in [9.17, 15) is 39.4 Å². The molecule has 0 saturated carbocycles. The van der Waals surface area contributed by atoms with Crippen molar-refractivity contribution >= 4 is 46.4 Å². The zero-order chi connectivity index (χ0) is 52.9. The number of imide groups is 2. The summed E-state index contributed by atoms with van der Waals surface area (Å²) in [6.07, 6.45) is 0.148. The van der Waals surface area contributed by atoms with Crippen molar-refractivity contribution in [1.29, 1.82) is 0 Å². The van der Waals surface area contributed by atoms with E-state index in [1.807, 2.05) is 0 Å². The molecule has 0 aliphatic carbocycles.